The first-order chi connectivity index (χ1) is 10.0. The van der Waals surface area contributed by atoms with Crippen molar-refractivity contribution in [2.24, 2.45) is 11.7 Å². The maximum atomic E-state index is 12.4. The van der Waals surface area contributed by atoms with Crippen molar-refractivity contribution in [3.05, 3.63) is 24.3 Å². The van der Waals surface area contributed by atoms with E-state index in [4.69, 9.17) is 10.5 Å². The lowest BCUT2D eigenvalue weighted by Crippen LogP contribution is -2.51. The summed E-state index contributed by atoms with van der Waals surface area (Å²) < 4.78 is 17.3. The summed E-state index contributed by atoms with van der Waals surface area (Å²) in [6.45, 7) is 1.42. The third-order valence-corrected chi connectivity index (χ3v) is 4.02. The number of alkyl halides is 1. The van der Waals surface area contributed by atoms with Crippen molar-refractivity contribution in [2.45, 2.75) is 38.1 Å². The minimum atomic E-state index is -0.538. The molecule has 0 aromatic heterocycles. The Balaban J connectivity index is 0.00000242. The highest BCUT2D eigenvalue weighted by Crippen LogP contribution is 2.32. The van der Waals surface area contributed by atoms with Gasteiger partial charge in [-0.3, -0.25) is 4.79 Å². The summed E-state index contributed by atoms with van der Waals surface area (Å²) >= 11 is 0. The predicted octanol–water partition coefficient (Wildman–Crippen LogP) is 3.30. The Labute approximate surface area is 137 Å². The minimum Gasteiger partial charge on any atom is -0.491 e. The fourth-order valence-corrected chi connectivity index (χ4v) is 2.84. The Hall–Kier alpha value is -1.33. The first kappa shape index (κ1) is 18.7. The van der Waals surface area contributed by atoms with Gasteiger partial charge in [-0.05, 0) is 31.9 Å². The second kappa shape index (κ2) is 8.34. The molecule has 2 unspecified atom stereocenters. The van der Waals surface area contributed by atoms with Gasteiger partial charge in [0.2, 0.25) is 5.91 Å². The standard InChI is InChI=1S/C16H23FN2O2.ClH/c1-16(18)8-3-2-7-14(16)15(20)19-12-5-4-6-13(11-12)21-10-9-17;/h4-6,11,14H,2-3,7-10,18H2,1H3,(H,19,20);1H. The molecule has 1 aliphatic carbocycles. The number of ether oxygens (including phenoxy) is 1. The molecule has 1 amide bonds. The van der Waals surface area contributed by atoms with E-state index in [1.54, 1.807) is 24.3 Å². The van der Waals surface area contributed by atoms with Gasteiger partial charge in [-0.25, -0.2) is 4.39 Å². The SMILES string of the molecule is CC1(N)CCCCC1C(=O)Nc1cccc(OCCF)c1.Cl. The second-order valence-electron chi connectivity index (χ2n) is 5.86. The van der Waals surface area contributed by atoms with Crippen LogP contribution >= 0.6 is 12.4 Å². The predicted molar refractivity (Wildman–Crippen MR) is 88.3 cm³/mol. The average Bonchev–Trinajstić information content (AvgIpc) is 2.45. The number of nitrogens with one attached hydrogen (secondary N) is 1. The van der Waals surface area contributed by atoms with Crippen LogP contribution in [0.2, 0.25) is 0 Å². The van der Waals surface area contributed by atoms with Crippen molar-refractivity contribution in [3.8, 4) is 5.75 Å². The quantitative estimate of drug-likeness (QED) is 0.870. The lowest BCUT2D eigenvalue weighted by Gasteiger charge is -2.37. The average molecular weight is 331 g/mol. The van der Waals surface area contributed by atoms with Crippen LogP contribution in [0.1, 0.15) is 32.6 Å². The summed E-state index contributed by atoms with van der Waals surface area (Å²) in [5.41, 5.74) is 6.44. The molecule has 0 radical (unpaired) electrons. The van der Waals surface area contributed by atoms with E-state index in [9.17, 15) is 9.18 Å². The number of carbonyl (C=O) groups excluding carboxylic acids is 1. The molecule has 4 nitrogen and oxygen atoms in total. The van der Waals surface area contributed by atoms with Crippen molar-refractivity contribution in [2.75, 3.05) is 18.6 Å². The smallest absolute Gasteiger partial charge is 0.229 e. The van der Waals surface area contributed by atoms with E-state index in [2.05, 4.69) is 5.32 Å². The summed E-state index contributed by atoms with van der Waals surface area (Å²) in [6, 6.07) is 6.99. The Bertz CT molecular complexity index is 497. The molecule has 1 fully saturated rings. The van der Waals surface area contributed by atoms with E-state index >= 15 is 0 Å². The lowest BCUT2D eigenvalue weighted by atomic mass is 9.74. The van der Waals surface area contributed by atoms with Gasteiger partial charge in [0, 0.05) is 17.3 Å². The van der Waals surface area contributed by atoms with Crippen LogP contribution in [0.3, 0.4) is 0 Å². The molecule has 2 rings (SSSR count). The number of nitrogens with two attached hydrogens (primary N) is 1. The topological polar surface area (TPSA) is 64.4 Å². The number of carbonyl (C=O) groups is 1. The van der Waals surface area contributed by atoms with Crippen LogP contribution in [-0.4, -0.2) is 24.7 Å². The van der Waals surface area contributed by atoms with E-state index in [1.165, 1.54) is 0 Å². The highest BCUT2D eigenvalue weighted by atomic mass is 35.5. The molecule has 1 aliphatic rings. The number of rotatable bonds is 5. The summed E-state index contributed by atoms with van der Waals surface area (Å²) in [7, 11) is 0. The first-order valence-electron chi connectivity index (χ1n) is 7.41. The van der Waals surface area contributed by atoms with Crippen molar-refractivity contribution in [3.63, 3.8) is 0 Å². The van der Waals surface area contributed by atoms with Crippen LogP contribution in [0.5, 0.6) is 5.75 Å². The molecule has 1 aromatic rings. The summed E-state index contributed by atoms with van der Waals surface area (Å²) in [6.07, 6.45) is 3.79. The maximum Gasteiger partial charge on any atom is 0.229 e. The first-order valence-corrected chi connectivity index (χ1v) is 7.41. The molecule has 0 aliphatic heterocycles. The van der Waals surface area contributed by atoms with Crippen LogP contribution in [-0.2, 0) is 4.79 Å². The van der Waals surface area contributed by atoms with Gasteiger partial charge in [-0.2, -0.15) is 0 Å². The van der Waals surface area contributed by atoms with E-state index in [1.807, 2.05) is 6.92 Å². The Morgan fingerprint density at radius 3 is 2.95 bits per heavy atom. The van der Waals surface area contributed by atoms with E-state index < -0.39 is 12.2 Å². The molecule has 22 heavy (non-hydrogen) atoms. The zero-order valence-corrected chi connectivity index (χ0v) is 13.6. The number of hydrogen-bond donors (Lipinski definition) is 2. The van der Waals surface area contributed by atoms with Crippen molar-refractivity contribution in [1.29, 1.82) is 0 Å². The molecule has 6 heteroatoms. The summed E-state index contributed by atoms with van der Waals surface area (Å²) in [5, 5.41) is 2.89. The summed E-state index contributed by atoms with van der Waals surface area (Å²) in [5.74, 6) is 0.314. The number of benzene rings is 1. The molecule has 0 bridgehead atoms. The monoisotopic (exact) mass is 330 g/mol. The molecule has 1 saturated carbocycles. The summed E-state index contributed by atoms with van der Waals surface area (Å²) in [4.78, 5) is 12.4. The number of halogens is 2. The Kier molecular flexibility index (Phi) is 7.10. The van der Waals surface area contributed by atoms with Crippen LogP contribution < -0.4 is 15.8 Å². The van der Waals surface area contributed by atoms with Gasteiger partial charge in [0.05, 0.1) is 5.92 Å². The van der Waals surface area contributed by atoms with Crippen molar-refractivity contribution >= 4 is 24.0 Å². The highest BCUT2D eigenvalue weighted by molar-refractivity contribution is 5.93. The molecule has 0 spiro atoms. The fraction of sp³-hybridized carbons (Fsp3) is 0.562. The molecular weight excluding hydrogens is 307 g/mol. The molecular formula is C16H24ClFN2O2. The molecule has 124 valence electrons. The molecule has 0 saturated heterocycles. The van der Waals surface area contributed by atoms with Gasteiger partial charge in [0.15, 0.2) is 0 Å². The Morgan fingerprint density at radius 1 is 1.50 bits per heavy atom. The van der Waals surface area contributed by atoms with Gasteiger partial charge in [0.25, 0.3) is 0 Å². The van der Waals surface area contributed by atoms with Crippen LogP contribution in [0.25, 0.3) is 0 Å². The van der Waals surface area contributed by atoms with E-state index in [-0.39, 0.29) is 30.8 Å². The normalized spacial score (nSPS) is 24.2. The third-order valence-electron chi connectivity index (χ3n) is 4.02. The van der Waals surface area contributed by atoms with Gasteiger partial charge in [-0.1, -0.05) is 18.9 Å². The van der Waals surface area contributed by atoms with Crippen LogP contribution in [0.4, 0.5) is 10.1 Å². The van der Waals surface area contributed by atoms with Crippen molar-refractivity contribution in [1.82, 2.24) is 0 Å². The fourth-order valence-electron chi connectivity index (χ4n) is 2.84. The van der Waals surface area contributed by atoms with E-state index in [0.29, 0.717) is 11.4 Å². The third kappa shape index (κ3) is 4.85. The zero-order valence-electron chi connectivity index (χ0n) is 12.8. The lowest BCUT2D eigenvalue weighted by molar-refractivity contribution is -0.122. The van der Waals surface area contributed by atoms with Crippen molar-refractivity contribution < 1.29 is 13.9 Å². The Morgan fingerprint density at radius 2 is 2.27 bits per heavy atom. The molecule has 0 heterocycles. The number of amides is 1. The van der Waals surface area contributed by atoms with Crippen LogP contribution in [0, 0.1) is 5.92 Å². The number of anilines is 1. The molecule has 1 aromatic carbocycles. The zero-order chi connectivity index (χ0) is 15.3. The second-order valence-corrected chi connectivity index (χ2v) is 5.86. The van der Waals surface area contributed by atoms with Gasteiger partial charge in [0.1, 0.15) is 19.0 Å². The maximum absolute atomic E-state index is 12.4. The largest absolute Gasteiger partial charge is 0.491 e. The van der Waals surface area contributed by atoms with Gasteiger partial charge >= 0.3 is 0 Å². The number of hydrogen-bond acceptors (Lipinski definition) is 3. The van der Waals surface area contributed by atoms with Gasteiger partial charge < -0.3 is 15.8 Å². The minimum absolute atomic E-state index is 0. The molecule has 3 N–H and O–H groups in total. The van der Waals surface area contributed by atoms with E-state index in [0.717, 1.165) is 25.7 Å². The van der Waals surface area contributed by atoms with Gasteiger partial charge in [-0.15, -0.1) is 12.4 Å². The molecule has 2 atom stereocenters. The highest BCUT2D eigenvalue weighted by Gasteiger charge is 2.37. The van der Waals surface area contributed by atoms with Crippen LogP contribution in [0.15, 0.2) is 24.3 Å².